The number of carbonyl (C=O) groups excluding carboxylic acids is 1. The normalized spacial score (nSPS) is 15.5. The Kier molecular flexibility index (Phi) is 6.25. The molecule has 0 saturated carbocycles. The molecule has 2 aromatic carbocycles. The number of carbonyl (C=O) groups is 1. The van der Waals surface area contributed by atoms with Crippen LogP contribution in [0.15, 0.2) is 48.5 Å². The van der Waals surface area contributed by atoms with Crippen molar-refractivity contribution in [1.29, 1.82) is 0 Å². The molecular weight excluding hydrogens is 459 g/mol. The smallest absolute Gasteiger partial charge is 0.260 e. The van der Waals surface area contributed by atoms with E-state index in [1.54, 1.807) is 24.3 Å². The molecule has 2 N–H and O–H groups in total. The van der Waals surface area contributed by atoms with Gasteiger partial charge in [-0.1, -0.05) is 59.1 Å². The predicted octanol–water partition coefficient (Wildman–Crippen LogP) is 5.39. The van der Waals surface area contributed by atoms with Gasteiger partial charge in [0.1, 0.15) is 0 Å². The molecule has 1 amide bonds. The number of benzene rings is 2. The van der Waals surface area contributed by atoms with Crippen LogP contribution in [0.5, 0.6) is 0 Å². The fourth-order valence-electron chi connectivity index (χ4n) is 3.34. The minimum absolute atomic E-state index is 0.310. The second kappa shape index (κ2) is 8.93. The SMILES string of the molecule is Cc1nn(Cc2ccc(Cl)c(Cl)c2)c(C)c1NC(=O)[C@@H]1C=C(c2ccccc2Cl)NO1. The van der Waals surface area contributed by atoms with Crippen LogP contribution in [-0.2, 0) is 16.2 Å². The highest BCUT2D eigenvalue weighted by Crippen LogP contribution is 2.27. The summed E-state index contributed by atoms with van der Waals surface area (Å²) in [5.41, 5.74) is 7.31. The minimum atomic E-state index is -0.802. The van der Waals surface area contributed by atoms with Crippen molar-refractivity contribution in [2.24, 2.45) is 0 Å². The Morgan fingerprint density at radius 2 is 1.90 bits per heavy atom. The Bertz CT molecular complexity index is 1190. The highest BCUT2D eigenvalue weighted by Gasteiger charge is 2.27. The van der Waals surface area contributed by atoms with E-state index in [0.29, 0.717) is 38.7 Å². The Morgan fingerprint density at radius 1 is 1.13 bits per heavy atom. The zero-order valence-electron chi connectivity index (χ0n) is 16.7. The highest BCUT2D eigenvalue weighted by atomic mass is 35.5. The van der Waals surface area contributed by atoms with Crippen LogP contribution in [0.4, 0.5) is 5.69 Å². The van der Waals surface area contributed by atoms with Crippen molar-refractivity contribution in [1.82, 2.24) is 15.3 Å². The number of nitrogens with one attached hydrogen (secondary N) is 2. The first-order chi connectivity index (χ1) is 14.8. The van der Waals surface area contributed by atoms with Crippen molar-refractivity contribution < 1.29 is 9.63 Å². The molecule has 4 rings (SSSR count). The van der Waals surface area contributed by atoms with Gasteiger partial charge in [0.2, 0.25) is 0 Å². The van der Waals surface area contributed by atoms with Gasteiger partial charge in [0, 0.05) is 10.6 Å². The molecule has 31 heavy (non-hydrogen) atoms. The number of hydrogen-bond acceptors (Lipinski definition) is 4. The molecule has 2 heterocycles. The van der Waals surface area contributed by atoms with Gasteiger partial charge < -0.3 is 5.32 Å². The van der Waals surface area contributed by atoms with Crippen molar-refractivity contribution in [3.63, 3.8) is 0 Å². The quantitative estimate of drug-likeness (QED) is 0.517. The van der Waals surface area contributed by atoms with Gasteiger partial charge in [0.15, 0.2) is 6.10 Å². The van der Waals surface area contributed by atoms with Gasteiger partial charge in [-0.3, -0.25) is 19.8 Å². The average molecular weight is 478 g/mol. The molecule has 0 bridgehead atoms. The number of rotatable bonds is 5. The monoisotopic (exact) mass is 476 g/mol. The number of nitrogens with zero attached hydrogens (tertiary/aromatic N) is 2. The largest absolute Gasteiger partial charge is 0.320 e. The second-order valence-corrected chi connectivity index (χ2v) is 8.36. The van der Waals surface area contributed by atoms with E-state index in [4.69, 9.17) is 39.6 Å². The maximum Gasteiger partial charge on any atom is 0.260 e. The molecule has 1 atom stereocenters. The minimum Gasteiger partial charge on any atom is -0.320 e. The molecule has 0 radical (unpaired) electrons. The lowest BCUT2D eigenvalue weighted by Gasteiger charge is -2.10. The van der Waals surface area contributed by atoms with Crippen molar-refractivity contribution in [3.05, 3.63) is 86.1 Å². The van der Waals surface area contributed by atoms with E-state index < -0.39 is 6.10 Å². The molecule has 1 aliphatic rings. The third-order valence-corrected chi connectivity index (χ3v) is 6.05. The number of anilines is 1. The summed E-state index contributed by atoms with van der Waals surface area (Å²) in [6.45, 7) is 4.23. The van der Waals surface area contributed by atoms with E-state index in [1.807, 2.05) is 42.8 Å². The summed E-state index contributed by atoms with van der Waals surface area (Å²) in [6.07, 6.45) is 0.893. The molecule has 6 nitrogen and oxygen atoms in total. The fourth-order valence-corrected chi connectivity index (χ4v) is 3.90. The molecule has 9 heteroatoms. The molecule has 1 aromatic heterocycles. The number of amides is 1. The number of hydrogen-bond donors (Lipinski definition) is 2. The summed E-state index contributed by atoms with van der Waals surface area (Å²) in [6, 6.07) is 12.8. The Morgan fingerprint density at radius 3 is 2.65 bits per heavy atom. The van der Waals surface area contributed by atoms with Crippen molar-refractivity contribution in [3.8, 4) is 0 Å². The topological polar surface area (TPSA) is 68.2 Å². The van der Waals surface area contributed by atoms with Gasteiger partial charge in [-0.15, -0.1) is 0 Å². The summed E-state index contributed by atoms with van der Waals surface area (Å²) < 4.78 is 1.81. The van der Waals surface area contributed by atoms with E-state index in [2.05, 4.69) is 15.9 Å². The number of halogens is 3. The summed E-state index contributed by atoms with van der Waals surface area (Å²) in [7, 11) is 0. The molecular formula is C22H19Cl3N4O2. The maximum absolute atomic E-state index is 12.8. The summed E-state index contributed by atoms with van der Waals surface area (Å²) in [5, 5.41) is 9.03. The Balaban J connectivity index is 1.50. The van der Waals surface area contributed by atoms with Crippen LogP contribution >= 0.6 is 34.8 Å². The Labute approximate surface area is 194 Å². The van der Waals surface area contributed by atoms with Crippen LogP contribution in [0.25, 0.3) is 5.70 Å². The first-order valence-electron chi connectivity index (χ1n) is 9.50. The van der Waals surface area contributed by atoms with Crippen LogP contribution in [0.1, 0.15) is 22.5 Å². The highest BCUT2D eigenvalue weighted by molar-refractivity contribution is 6.42. The third-order valence-electron chi connectivity index (χ3n) is 4.98. The molecule has 0 spiro atoms. The lowest BCUT2D eigenvalue weighted by Crippen LogP contribution is -2.28. The van der Waals surface area contributed by atoms with Crippen LogP contribution < -0.4 is 10.8 Å². The standard InChI is InChI=1S/C22H19Cl3N4O2/c1-12-21(13(2)29(27-12)11-14-7-8-17(24)18(25)9-14)26-22(30)20-10-19(28-31-20)15-5-3-4-6-16(15)23/h3-10,20,28H,11H2,1-2H3,(H,26,30)/t20-/m0/s1. The first kappa shape index (κ1) is 21.7. The predicted molar refractivity (Wildman–Crippen MR) is 123 cm³/mol. The van der Waals surface area contributed by atoms with E-state index in [0.717, 1.165) is 16.8 Å². The lowest BCUT2D eigenvalue weighted by molar-refractivity contribution is -0.125. The number of aryl methyl sites for hydroxylation is 1. The van der Waals surface area contributed by atoms with E-state index in [-0.39, 0.29) is 5.91 Å². The maximum atomic E-state index is 12.8. The zero-order valence-corrected chi connectivity index (χ0v) is 19.0. The third kappa shape index (κ3) is 4.57. The van der Waals surface area contributed by atoms with Crippen molar-refractivity contribution in [2.75, 3.05) is 5.32 Å². The lowest BCUT2D eigenvalue weighted by atomic mass is 10.1. The molecule has 0 aliphatic carbocycles. The van der Waals surface area contributed by atoms with Gasteiger partial charge in [-0.2, -0.15) is 5.10 Å². The van der Waals surface area contributed by atoms with Crippen molar-refractivity contribution in [2.45, 2.75) is 26.5 Å². The van der Waals surface area contributed by atoms with Crippen LogP contribution in [0, 0.1) is 13.8 Å². The fraction of sp³-hybridized carbons (Fsp3) is 0.182. The molecule has 160 valence electrons. The Hall–Kier alpha value is -2.51. The summed E-state index contributed by atoms with van der Waals surface area (Å²) in [5.74, 6) is -0.310. The summed E-state index contributed by atoms with van der Waals surface area (Å²) >= 11 is 18.3. The molecule has 0 unspecified atom stereocenters. The molecule has 3 aromatic rings. The molecule has 0 fully saturated rings. The van der Waals surface area contributed by atoms with E-state index in [1.165, 1.54) is 0 Å². The van der Waals surface area contributed by atoms with Crippen LogP contribution in [-0.4, -0.2) is 21.8 Å². The summed E-state index contributed by atoms with van der Waals surface area (Å²) in [4.78, 5) is 18.3. The van der Waals surface area contributed by atoms with Crippen LogP contribution in [0.2, 0.25) is 15.1 Å². The number of aromatic nitrogens is 2. The van der Waals surface area contributed by atoms with Gasteiger partial charge in [-0.25, -0.2) is 0 Å². The van der Waals surface area contributed by atoms with Gasteiger partial charge >= 0.3 is 0 Å². The van der Waals surface area contributed by atoms with E-state index >= 15 is 0 Å². The van der Waals surface area contributed by atoms with Crippen LogP contribution in [0.3, 0.4) is 0 Å². The first-order valence-corrected chi connectivity index (χ1v) is 10.6. The van der Waals surface area contributed by atoms with Gasteiger partial charge in [0.05, 0.1) is 39.4 Å². The number of hydroxylamine groups is 1. The molecule has 1 aliphatic heterocycles. The average Bonchev–Trinajstić information content (AvgIpc) is 3.32. The zero-order chi connectivity index (χ0) is 22.1. The van der Waals surface area contributed by atoms with Gasteiger partial charge in [-0.05, 0) is 43.7 Å². The second-order valence-electron chi connectivity index (χ2n) is 7.14. The molecule has 0 saturated heterocycles. The van der Waals surface area contributed by atoms with E-state index in [9.17, 15) is 4.79 Å². The van der Waals surface area contributed by atoms with Gasteiger partial charge in [0.25, 0.3) is 5.91 Å². The van der Waals surface area contributed by atoms with Crippen molar-refractivity contribution >= 4 is 52.1 Å².